The lowest BCUT2D eigenvalue weighted by Gasteiger charge is -2.26. The van der Waals surface area contributed by atoms with E-state index < -0.39 is 26.0 Å². The van der Waals surface area contributed by atoms with Crippen molar-refractivity contribution in [1.29, 1.82) is 0 Å². The number of benzene rings is 2. The van der Waals surface area contributed by atoms with Gasteiger partial charge in [-0.05, 0) is 61.4 Å². The summed E-state index contributed by atoms with van der Waals surface area (Å²) >= 11 is 0. The molecule has 0 bridgehead atoms. The molecule has 2 aliphatic heterocycles. The van der Waals surface area contributed by atoms with Crippen LogP contribution in [0.2, 0.25) is 0 Å². The molecule has 0 atom stereocenters. The van der Waals surface area contributed by atoms with Crippen molar-refractivity contribution >= 4 is 31.6 Å². The summed E-state index contributed by atoms with van der Waals surface area (Å²) in [7, 11) is -7.19. The average molecular weight is 508 g/mol. The van der Waals surface area contributed by atoms with Gasteiger partial charge in [0.05, 0.1) is 23.0 Å². The molecule has 11 heteroatoms. The van der Waals surface area contributed by atoms with E-state index >= 15 is 0 Å². The Morgan fingerprint density at radius 3 is 1.68 bits per heavy atom. The first kappa shape index (κ1) is 24.8. The summed E-state index contributed by atoms with van der Waals surface area (Å²) in [5, 5.41) is 2.72. The maximum atomic E-state index is 12.9. The number of hydrogen-bond donors (Lipinski definition) is 1. The molecule has 0 spiro atoms. The fourth-order valence-corrected chi connectivity index (χ4v) is 6.98. The first-order valence-electron chi connectivity index (χ1n) is 11.4. The van der Waals surface area contributed by atoms with Crippen molar-refractivity contribution in [3.05, 3.63) is 54.1 Å². The largest absolute Gasteiger partial charge is 0.379 e. The molecule has 0 saturated carbocycles. The number of carbonyl (C=O) groups is 1. The van der Waals surface area contributed by atoms with Crippen molar-refractivity contribution in [3.63, 3.8) is 0 Å². The predicted octanol–water partition coefficient (Wildman–Crippen LogP) is 2.52. The molecule has 0 radical (unpaired) electrons. The monoisotopic (exact) mass is 507 g/mol. The van der Waals surface area contributed by atoms with Crippen LogP contribution in [0.25, 0.3) is 0 Å². The van der Waals surface area contributed by atoms with E-state index in [0.29, 0.717) is 50.6 Å². The number of ether oxygens (including phenoxy) is 1. The van der Waals surface area contributed by atoms with Crippen LogP contribution in [0.5, 0.6) is 0 Å². The molecule has 0 aromatic heterocycles. The number of sulfonamides is 2. The van der Waals surface area contributed by atoms with Gasteiger partial charge in [-0.15, -0.1) is 0 Å². The van der Waals surface area contributed by atoms with Crippen LogP contribution in [-0.4, -0.2) is 70.7 Å². The smallest absolute Gasteiger partial charge is 0.255 e. The molecule has 0 unspecified atom stereocenters. The van der Waals surface area contributed by atoms with Crippen LogP contribution < -0.4 is 5.32 Å². The van der Waals surface area contributed by atoms with Crippen molar-refractivity contribution in [2.45, 2.75) is 35.5 Å². The van der Waals surface area contributed by atoms with Crippen LogP contribution in [0, 0.1) is 0 Å². The molecule has 1 amide bonds. The molecule has 2 fully saturated rings. The summed E-state index contributed by atoms with van der Waals surface area (Å²) in [6, 6.07) is 11.8. The summed E-state index contributed by atoms with van der Waals surface area (Å²) in [6.45, 7) is 2.37. The second kappa shape index (κ2) is 10.5. The summed E-state index contributed by atoms with van der Waals surface area (Å²) in [4.78, 5) is 12.9. The molecule has 34 heavy (non-hydrogen) atoms. The maximum absolute atomic E-state index is 12.9. The van der Waals surface area contributed by atoms with Crippen molar-refractivity contribution < 1.29 is 26.4 Å². The summed E-state index contributed by atoms with van der Waals surface area (Å²) in [5.74, 6) is -0.418. The van der Waals surface area contributed by atoms with E-state index in [4.69, 9.17) is 4.74 Å². The molecular formula is C23H29N3O6S2. The highest BCUT2D eigenvalue weighted by molar-refractivity contribution is 7.89. The van der Waals surface area contributed by atoms with Gasteiger partial charge in [-0.2, -0.15) is 8.61 Å². The van der Waals surface area contributed by atoms with Crippen molar-refractivity contribution in [3.8, 4) is 0 Å². The van der Waals surface area contributed by atoms with E-state index in [1.54, 1.807) is 12.1 Å². The van der Waals surface area contributed by atoms with Crippen LogP contribution in [0.3, 0.4) is 0 Å². The zero-order valence-electron chi connectivity index (χ0n) is 18.9. The zero-order valence-corrected chi connectivity index (χ0v) is 20.5. The Morgan fingerprint density at radius 2 is 1.15 bits per heavy atom. The SMILES string of the molecule is O=C(Nc1ccc(S(=O)(=O)N2CCCCCC2)cc1)c1ccc(S(=O)(=O)N2CCOCC2)cc1. The average Bonchev–Trinajstić information content (AvgIpc) is 3.15. The van der Waals surface area contributed by atoms with E-state index in [9.17, 15) is 21.6 Å². The highest BCUT2D eigenvalue weighted by atomic mass is 32.2. The fraction of sp³-hybridized carbons (Fsp3) is 0.435. The Balaban J connectivity index is 1.41. The minimum absolute atomic E-state index is 0.119. The van der Waals surface area contributed by atoms with Gasteiger partial charge in [0.1, 0.15) is 0 Å². The van der Waals surface area contributed by atoms with Gasteiger partial charge in [0.15, 0.2) is 0 Å². The van der Waals surface area contributed by atoms with Gasteiger partial charge in [0, 0.05) is 37.4 Å². The number of carbonyl (C=O) groups excluding carboxylic acids is 1. The van der Waals surface area contributed by atoms with Gasteiger partial charge in [-0.25, -0.2) is 16.8 Å². The molecular weight excluding hydrogens is 478 g/mol. The molecule has 4 rings (SSSR count). The van der Waals surface area contributed by atoms with E-state index in [-0.39, 0.29) is 9.79 Å². The fourth-order valence-electron chi connectivity index (χ4n) is 4.06. The van der Waals surface area contributed by atoms with Gasteiger partial charge < -0.3 is 10.1 Å². The summed E-state index contributed by atoms with van der Waals surface area (Å²) in [6.07, 6.45) is 3.80. The lowest BCUT2D eigenvalue weighted by Crippen LogP contribution is -2.40. The minimum atomic E-state index is -3.63. The molecule has 2 aromatic rings. The van der Waals surface area contributed by atoms with E-state index in [1.807, 2.05) is 0 Å². The number of rotatable bonds is 6. The van der Waals surface area contributed by atoms with E-state index in [0.717, 1.165) is 25.7 Å². The molecule has 2 aliphatic rings. The summed E-state index contributed by atoms with van der Waals surface area (Å²) in [5.41, 5.74) is 0.743. The van der Waals surface area contributed by atoms with Crippen molar-refractivity contribution in [2.24, 2.45) is 0 Å². The van der Waals surface area contributed by atoms with Crippen LogP contribution in [0.4, 0.5) is 5.69 Å². The maximum Gasteiger partial charge on any atom is 0.255 e. The van der Waals surface area contributed by atoms with Gasteiger partial charge in [-0.3, -0.25) is 4.79 Å². The molecule has 184 valence electrons. The Kier molecular flexibility index (Phi) is 7.68. The van der Waals surface area contributed by atoms with Gasteiger partial charge in [0.25, 0.3) is 5.91 Å². The summed E-state index contributed by atoms with van der Waals surface area (Å²) < 4.78 is 59.3. The van der Waals surface area contributed by atoms with Crippen LogP contribution in [0.15, 0.2) is 58.3 Å². The third-order valence-electron chi connectivity index (χ3n) is 6.04. The van der Waals surface area contributed by atoms with Crippen molar-refractivity contribution in [1.82, 2.24) is 8.61 Å². The normalized spacial score (nSPS) is 18.8. The molecule has 2 saturated heterocycles. The molecule has 2 aromatic carbocycles. The van der Waals surface area contributed by atoms with Crippen LogP contribution in [0.1, 0.15) is 36.0 Å². The van der Waals surface area contributed by atoms with E-state index in [2.05, 4.69) is 5.32 Å². The number of nitrogens with one attached hydrogen (secondary N) is 1. The molecule has 1 N–H and O–H groups in total. The lowest BCUT2D eigenvalue weighted by atomic mass is 10.2. The number of morpholine rings is 1. The Bertz CT molecular complexity index is 1200. The number of anilines is 1. The Labute approximate surface area is 200 Å². The minimum Gasteiger partial charge on any atom is -0.379 e. The topological polar surface area (TPSA) is 113 Å². The van der Waals surface area contributed by atoms with Crippen LogP contribution >= 0.6 is 0 Å². The number of amides is 1. The predicted molar refractivity (Wildman–Crippen MR) is 128 cm³/mol. The molecule has 9 nitrogen and oxygen atoms in total. The first-order valence-corrected chi connectivity index (χ1v) is 14.3. The number of hydrogen-bond acceptors (Lipinski definition) is 6. The van der Waals surface area contributed by atoms with E-state index in [1.165, 1.54) is 45.0 Å². The van der Waals surface area contributed by atoms with Crippen molar-refractivity contribution in [2.75, 3.05) is 44.7 Å². The second-order valence-corrected chi connectivity index (χ2v) is 12.2. The molecule has 2 heterocycles. The second-order valence-electron chi connectivity index (χ2n) is 8.34. The lowest BCUT2D eigenvalue weighted by molar-refractivity contribution is 0.0730. The standard InChI is InChI=1S/C23H29N3O6S2/c27-23(19-5-9-21(10-6-19)34(30,31)26-15-17-32-18-16-26)24-20-7-11-22(12-8-20)33(28,29)25-13-3-1-2-4-14-25/h5-12H,1-4,13-18H2,(H,24,27). The highest BCUT2D eigenvalue weighted by Crippen LogP contribution is 2.23. The van der Waals surface area contributed by atoms with Gasteiger partial charge in [-0.1, -0.05) is 12.8 Å². The highest BCUT2D eigenvalue weighted by Gasteiger charge is 2.27. The van der Waals surface area contributed by atoms with Gasteiger partial charge in [0.2, 0.25) is 20.0 Å². The molecule has 0 aliphatic carbocycles. The first-order chi connectivity index (χ1) is 16.3. The Hall–Kier alpha value is -2.31. The third-order valence-corrected chi connectivity index (χ3v) is 9.87. The third kappa shape index (κ3) is 5.49. The quantitative estimate of drug-likeness (QED) is 0.643. The van der Waals surface area contributed by atoms with Gasteiger partial charge >= 0.3 is 0 Å². The number of nitrogens with zero attached hydrogens (tertiary/aromatic N) is 2. The van der Waals surface area contributed by atoms with Crippen LogP contribution in [-0.2, 0) is 24.8 Å². The Morgan fingerprint density at radius 1 is 0.676 bits per heavy atom. The zero-order chi connectivity index (χ0) is 24.2.